The van der Waals surface area contributed by atoms with Crippen LogP contribution in [0.4, 0.5) is 10.7 Å². The Kier molecular flexibility index (Phi) is 10.5. The van der Waals surface area contributed by atoms with E-state index in [-0.39, 0.29) is 34.3 Å². The van der Waals surface area contributed by atoms with E-state index >= 15 is 0 Å². The highest BCUT2D eigenvalue weighted by atomic mass is 32.2. The summed E-state index contributed by atoms with van der Waals surface area (Å²) in [5.41, 5.74) is -0.440. The molecular weight excluding hydrogens is 566 g/mol. The van der Waals surface area contributed by atoms with Crippen LogP contribution in [-0.4, -0.2) is 70.7 Å². The molecule has 18 heteroatoms. The van der Waals surface area contributed by atoms with Crippen molar-refractivity contribution in [2.24, 2.45) is 0 Å². The molecule has 16 nitrogen and oxygen atoms in total. The first-order valence-corrected chi connectivity index (χ1v) is 13.9. The molecule has 2 amide bonds. The molecule has 0 unspecified atom stereocenters. The third kappa shape index (κ3) is 8.09. The minimum Gasteiger partial charge on any atom is -0.467 e. The van der Waals surface area contributed by atoms with Gasteiger partial charge in [0.1, 0.15) is 16.4 Å². The standard InChI is InChI=1S/C14H15N5O6S.C8H14N4OS/c1-8-15-12(18-14(16-8)25-3)17-13(21)19-26(22,23)10-7-5-4-6-9(10)11(20)24-2;1-8(2,3)5-6(13)12(9)7(14-4)11-10-5/h4-7H,1-3H3,(H2,15,16,17,18,19,21);9H2,1-4H3. The largest absolute Gasteiger partial charge is 0.467 e. The summed E-state index contributed by atoms with van der Waals surface area (Å²) < 4.78 is 37.0. The van der Waals surface area contributed by atoms with Gasteiger partial charge in [-0.1, -0.05) is 44.7 Å². The first-order valence-electron chi connectivity index (χ1n) is 11.2. The molecule has 2 heterocycles. The number of hydrogen-bond donors (Lipinski definition) is 3. The number of carbonyl (C=O) groups is 2. The molecular formula is C22H29N9O7S2. The lowest BCUT2D eigenvalue weighted by atomic mass is 9.93. The fraction of sp³-hybridized carbons (Fsp3) is 0.364. The van der Waals surface area contributed by atoms with Crippen LogP contribution in [0.5, 0.6) is 6.01 Å². The van der Waals surface area contributed by atoms with Crippen LogP contribution >= 0.6 is 11.8 Å². The zero-order chi connectivity index (χ0) is 30.3. The van der Waals surface area contributed by atoms with Gasteiger partial charge in [0.05, 0.1) is 19.8 Å². The molecule has 0 aliphatic heterocycles. The SMILES string of the molecule is COC(=O)c1ccccc1S(=O)(=O)NC(=O)Nc1nc(C)nc(OC)n1.CSc1nnc(C(C)(C)C)c(=O)n1N. The summed E-state index contributed by atoms with van der Waals surface area (Å²) in [7, 11) is -1.92. The van der Waals surface area contributed by atoms with Crippen molar-refractivity contribution in [2.75, 3.05) is 31.6 Å². The van der Waals surface area contributed by atoms with Gasteiger partial charge in [-0.3, -0.25) is 10.1 Å². The number of amides is 2. The molecule has 3 aromatic rings. The van der Waals surface area contributed by atoms with E-state index in [1.165, 1.54) is 44.0 Å². The summed E-state index contributed by atoms with van der Waals surface area (Å²) in [4.78, 5) is 46.5. The zero-order valence-electron chi connectivity index (χ0n) is 22.7. The van der Waals surface area contributed by atoms with Gasteiger partial charge in [-0.2, -0.15) is 19.6 Å². The maximum Gasteiger partial charge on any atom is 0.339 e. The smallest absolute Gasteiger partial charge is 0.339 e. The van der Waals surface area contributed by atoms with E-state index in [2.05, 4.69) is 35.2 Å². The predicted molar refractivity (Wildman–Crippen MR) is 145 cm³/mol. The molecule has 4 N–H and O–H groups in total. The van der Waals surface area contributed by atoms with Gasteiger partial charge < -0.3 is 15.3 Å². The van der Waals surface area contributed by atoms with Crippen molar-refractivity contribution in [2.45, 2.75) is 43.2 Å². The number of aromatic nitrogens is 6. The molecule has 0 aliphatic rings. The van der Waals surface area contributed by atoms with Crippen LogP contribution in [0.15, 0.2) is 39.1 Å². The number of benzene rings is 1. The minimum absolute atomic E-state index is 0.0494. The Labute approximate surface area is 234 Å². The molecule has 0 spiro atoms. The lowest BCUT2D eigenvalue weighted by Crippen LogP contribution is -2.37. The molecule has 1 aromatic carbocycles. The molecule has 0 fully saturated rings. The minimum atomic E-state index is -4.36. The number of thioether (sulfide) groups is 1. The average Bonchev–Trinajstić information content (AvgIpc) is 2.88. The lowest BCUT2D eigenvalue weighted by Gasteiger charge is -2.16. The van der Waals surface area contributed by atoms with Gasteiger partial charge in [0.25, 0.3) is 15.6 Å². The summed E-state index contributed by atoms with van der Waals surface area (Å²) in [5, 5.41) is 10.3. The van der Waals surface area contributed by atoms with Crippen LogP contribution in [0.25, 0.3) is 0 Å². The van der Waals surface area contributed by atoms with Crippen molar-refractivity contribution >= 4 is 39.7 Å². The number of nitrogens with zero attached hydrogens (tertiary/aromatic N) is 6. The normalized spacial score (nSPS) is 11.1. The van der Waals surface area contributed by atoms with Gasteiger partial charge in [0.2, 0.25) is 11.1 Å². The third-order valence-corrected chi connectivity index (χ3v) is 6.73. The zero-order valence-corrected chi connectivity index (χ0v) is 24.4. The number of sulfonamides is 1. The fourth-order valence-corrected chi connectivity index (χ4v) is 4.39. The van der Waals surface area contributed by atoms with Crippen molar-refractivity contribution in [3.8, 4) is 6.01 Å². The van der Waals surface area contributed by atoms with Crippen molar-refractivity contribution < 1.29 is 27.5 Å². The predicted octanol–water partition coefficient (Wildman–Crippen LogP) is 0.857. The molecule has 0 aliphatic carbocycles. The molecule has 216 valence electrons. The maximum atomic E-state index is 12.4. The summed E-state index contributed by atoms with van der Waals surface area (Å²) in [6.07, 6.45) is 1.80. The summed E-state index contributed by atoms with van der Waals surface area (Å²) >= 11 is 1.29. The van der Waals surface area contributed by atoms with Gasteiger partial charge in [0, 0.05) is 5.41 Å². The van der Waals surface area contributed by atoms with Gasteiger partial charge in [0.15, 0.2) is 0 Å². The summed E-state index contributed by atoms with van der Waals surface area (Å²) in [5.74, 6) is 4.76. The van der Waals surface area contributed by atoms with Crippen LogP contribution in [0.1, 0.15) is 42.6 Å². The average molecular weight is 596 g/mol. The number of hydrogen-bond acceptors (Lipinski definition) is 14. The van der Waals surface area contributed by atoms with Crippen molar-refractivity contribution in [3.63, 3.8) is 0 Å². The monoisotopic (exact) mass is 595 g/mol. The number of urea groups is 1. The Bertz CT molecular complexity index is 1550. The van der Waals surface area contributed by atoms with Gasteiger partial charge in [-0.05, 0) is 25.3 Å². The molecule has 0 atom stereocenters. The van der Waals surface area contributed by atoms with E-state index in [4.69, 9.17) is 10.6 Å². The van der Waals surface area contributed by atoms with E-state index in [0.717, 1.165) is 17.9 Å². The molecule has 40 heavy (non-hydrogen) atoms. The quantitative estimate of drug-likeness (QED) is 0.204. The summed E-state index contributed by atoms with van der Waals surface area (Å²) in [6.45, 7) is 7.24. The van der Waals surface area contributed by atoms with Crippen LogP contribution in [-0.2, 0) is 20.2 Å². The Balaban J connectivity index is 0.000000337. The second kappa shape index (κ2) is 13.2. The first kappa shape index (κ1) is 31.9. The van der Waals surface area contributed by atoms with E-state index in [1.807, 2.05) is 20.8 Å². The number of nitrogen functional groups attached to an aromatic ring is 1. The number of ether oxygens (including phenoxy) is 2. The van der Waals surface area contributed by atoms with E-state index in [0.29, 0.717) is 10.9 Å². The Morgan fingerprint density at radius 1 is 1.07 bits per heavy atom. The second-order valence-corrected chi connectivity index (χ2v) is 11.1. The van der Waals surface area contributed by atoms with Gasteiger partial charge >= 0.3 is 18.0 Å². The second-order valence-electron chi connectivity index (χ2n) is 8.70. The molecule has 0 bridgehead atoms. The van der Waals surface area contributed by atoms with Crippen molar-refractivity contribution in [1.82, 2.24) is 34.5 Å². The number of rotatable bonds is 6. The first-order chi connectivity index (χ1) is 18.6. The third-order valence-electron chi connectivity index (χ3n) is 4.70. The van der Waals surface area contributed by atoms with Gasteiger partial charge in [-0.25, -0.2) is 22.7 Å². The van der Waals surface area contributed by atoms with Crippen molar-refractivity contribution in [3.05, 3.63) is 51.7 Å². The van der Waals surface area contributed by atoms with E-state index < -0.39 is 26.9 Å². The molecule has 3 rings (SSSR count). The molecule has 0 saturated heterocycles. The maximum absolute atomic E-state index is 12.4. The van der Waals surface area contributed by atoms with Gasteiger partial charge in [-0.15, -0.1) is 10.2 Å². The lowest BCUT2D eigenvalue weighted by molar-refractivity contribution is 0.0596. The van der Waals surface area contributed by atoms with E-state index in [9.17, 15) is 22.8 Å². The topological polar surface area (TPSA) is 223 Å². The van der Waals surface area contributed by atoms with Crippen molar-refractivity contribution in [1.29, 1.82) is 0 Å². The number of esters is 1. The highest BCUT2D eigenvalue weighted by Gasteiger charge is 2.25. The fourth-order valence-electron chi connectivity index (χ4n) is 2.88. The Hall–Kier alpha value is -4.32. The Morgan fingerprint density at radius 3 is 2.30 bits per heavy atom. The number of aryl methyl sites for hydroxylation is 1. The van der Waals surface area contributed by atoms with Crippen LogP contribution < -0.4 is 26.2 Å². The van der Waals surface area contributed by atoms with E-state index in [1.54, 1.807) is 11.0 Å². The molecule has 2 aromatic heterocycles. The highest BCUT2D eigenvalue weighted by molar-refractivity contribution is 7.98. The molecule has 0 saturated carbocycles. The van der Waals surface area contributed by atoms with Crippen LogP contribution in [0, 0.1) is 6.92 Å². The number of anilines is 1. The number of carbonyl (C=O) groups excluding carboxylic acids is 2. The number of nitrogens with two attached hydrogens (primary N) is 1. The number of nitrogens with one attached hydrogen (secondary N) is 2. The van der Waals surface area contributed by atoms with Crippen LogP contribution in [0.2, 0.25) is 0 Å². The molecule has 0 radical (unpaired) electrons. The highest BCUT2D eigenvalue weighted by Crippen LogP contribution is 2.17. The van der Waals surface area contributed by atoms with Crippen LogP contribution in [0.3, 0.4) is 0 Å². The Morgan fingerprint density at radius 2 is 1.73 bits per heavy atom. The summed E-state index contributed by atoms with van der Waals surface area (Å²) in [6, 6.07) is 4.12. The number of methoxy groups -OCH3 is 2.